The predicted octanol–water partition coefficient (Wildman–Crippen LogP) is -0.196. The quantitative estimate of drug-likeness (QED) is 0.286. The van der Waals surface area contributed by atoms with Crippen molar-refractivity contribution in [2.45, 2.75) is 20.0 Å². The highest BCUT2D eigenvalue weighted by molar-refractivity contribution is 5.85. The van der Waals surface area contributed by atoms with Crippen LogP contribution in [0.3, 0.4) is 0 Å². The van der Waals surface area contributed by atoms with Crippen molar-refractivity contribution < 1.29 is 10.3 Å². The van der Waals surface area contributed by atoms with Gasteiger partial charge in [0.25, 0.3) is 0 Å². The molecule has 5 N–H and O–H groups in total. The summed E-state index contributed by atoms with van der Waals surface area (Å²) >= 11 is 0. The molecule has 0 saturated carbocycles. The number of rotatable bonds is 6. The minimum atomic E-state index is -0.501. The molecule has 0 amide bonds. The molecular formula is C8H20ClN3O2. The number of hydrogen-bond donors (Lipinski definition) is 4. The number of nitrogens with zero attached hydrogens (tertiary/aromatic N) is 1. The third-order valence-corrected chi connectivity index (χ3v) is 1.97. The Bertz CT molecular complexity index is 167. The SMILES string of the molecule is CC(=NO)C(C)CNCC(O)CN.Cl. The maximum Gasteiger partial charge on any atom is 0.0786 e. The molecule has 0 radical (unpaired) electrons. The maximum absolute atomic E-state index is 9.10. The Morgan fingerprint density at radius 2 is 2.07 bits per heavy atom. The van der Waals surface area contributed by atoms with Gasteiger partial charge < -0.3 is 21.4 Å². The van der Waals surface area contributed by atoms with Gasteiger partial charge in [0.2, 0.25) is 0 Å². The summed E-state index contributed by atoms with van der Waals surface area (Å²) in [7, 11) is 0. The van der Waals surface area contributed by atoms with Gasteiger partial charge in [-0.3, -0.25) is 0 Å². The molecule has 0 aromatic rings. The standard InChI is InChI=1S/C8H19N3O2.ClH/c1-6(7(2)11-13)4-10-5-8(12)3-9;/h6,8,10,12-13H,3-5,9H2,1-2H3;1H. The van der Waals surface area contributed by atoms with Gasteiger partial charge in [-0.15, -0.1) is 12.4 Å². The van der Waals surface area contributed by atoms with Crippen LogP contribution in [0.1, 0.15) is 13.8 Å². The summed E-state index contributed by atoms with van der Waals surface area (Å²) in [5.74, 6) is 0.162. The molecule has 6 heteroatoms. The van der Waals surface area contributed by atoms with Gasteiger partial charge in [-0.05, 0) is 6.92 Å². The number of nitrogens with one attached hydrogen (secondary N) is 1. The van der Waals surface area contributed by atoms with E-state index < -0.39 is 6.10 Å². The molecule has 0 aliphatic carbocycles. The summed E-state index contributed by atoms with van der Waals surface area (Å²) in [6, 6.07) is 0. The van der Waals surface area contributed by atoms with Gasteiger partial charge in [-0.2, -0.15) is 0 Å². The van der Waals surface area contributed by atoms with E-state index in [1.54, 1.807) is 6.92 Å². The number of aliphatic hydroxyl groups is 1. The lowest BCUT2D eigenvalue weighted by Gasteiger charge is -2.13. The smallest absolute Gasteiger partial charge is 0.0786 e. The molecule has 0 heterocycles. The lowest BCUT2D eigenvalue weighted by atomic mass is 10.1. The zero-order chi connectivity index (χ0) is 10.3. The second-order valence-corrected chi connectivity index (χ2v) is 3.19. The van der Waals surface area contributed by atoms with Crippen LogP contribution in [-0.4, -0.2) is 41.8 Å². The van der Waals surface area contributed by atoms with Crippen molar-refractivity contribution in [3.05, 3.63) is 0 Å². The van der Waals surface area contributed by atoms with Gasteiger partial charge in [-0.1, -0.05) is 12.1 Å². The summed E-state index contributed by atoms with van der Waals surface area (Å²) in [6.07, 6.45) is -0.501. The first-order chi connectivity index (χ1) is 6.11. The van der Waals surface area contributed by atoms with Crippen LogP contribution in [0.5, 0.6) is 0 Å². The van der Waals surface area contributed by atoms with Crippen LogP contribution in [0, 0.1) is 5.92 Å². The fourth-order valence-electron chi connectivity index (χ4n) is 0.796. The predicted molar refractivity (Wildman–Crippen MR) is 59.2 cm³/mol. The Morgan fingerprint density at radius 3 is 2.50 bits per heavy atom. The lowest BCUT2D eigenvalue weighted by molar-refractivity contribution is 0.179. The normalized spacial score (nSPS) is 15.9. The molecular weight excluding hydrogens is 206 g/mol. The van der Waals surface area contributed by atoms with E-state index in [4.69, 9.17) is 16.0 Å². The van der Waals surface area contributed by atoms with Crippen LogP contribution in [0.2, 0.25) is 0 Å². The molecule has 0 aliphatic heterocycles. The molecule has 0 fully saturated rings. The van der Waals surface area contributed by atoms with Crippen molar-refractivity contribution in [3.8, 4) is 0 Å². The van der Waals surface area contributed by atoms with E-state index in [-0.39, 0.29) is 24.9 Å². The first-order valence-electron chi connectivity index (χ1n) is 4.39. The van der Waals surface area contributed by atoms with Crippen LogP contribution in [0.15, 0.2) is 5.16 Å². The number of nitrogens with two attached hydrogens (primary N) is 1. The minimum Gasteiger partial charge on any atom is -0.411 e. The Kier molecular flexibility index (Phi) is 10.6. The molecule has 0 rings (SSSR count). The van der Waals surface area contributed by atoms with Crippen molar-refractivity contribution in [2.24, 2.45) is 16.8 Å². The van der Waals surface area contributed by atoms with Crippen LogP contribution >= 0.6 is 12.4 Å². The highest BCUT2D eigenvalue weighted by Crippen LogP contribution is 1.95. The van der Waals surface area contributed by atoms with Gasteiger partial charge in [-0.25, -0.2) is 0 Å². The first kappa shape index (κ1) is 16.1. The van der Waals surface area contributed by atoms with E-state index in [0.29, 0.717) is 18.8 Å². The molecule has 0 bridgehead atoms. The van der Waals surface area contributed by atoms with Gasteiger partial charge in [0, 0.05) is 25.6 Å². The third kappa shape index (κ3) is 7.08. The summed E-state index contributed by atoms with van der Waals surface area (Å²) in [6.45, 7) is 5.10. The fourth-order valence-corrected chi connectivity index (χ4v) is 0.796. The van der Waals surface area contributed by atoms with Crippen LogP contribution in [0.4, 0.5) is 0 Å². The monoisotopic (exact) mass is 225 g/mol. The molecule has 2 unspecified atom stereocenters. The lowest BCUT2D eigenvalue weighted by Crippen LogP contribution is -2.35. The molecule has 0 aromatic heterocycles. The van der Waals surface area contributed by atoms with Crippen LogP contribution in [0.25, 0.3) is 0 Å². The van der Waals surface area contributed by atoms with E-state index in [1.165, 1.54) is 0 Å². The zero-order valence-corrected chi connectivity index (χ0v) is 9.42. The summed E-state index contributed by atoms with van der Waals surface area (Å²) in [5, 5.41) is 23.7. The van der Waals surface area contributed by atoms with Gasteiger partial charge in [0.1, 0.15) is 0 Å². The highest BCUT2D eigenvalue weighted by Gasteiger charge is 2.06. The van der Waals surface area contributed by atoms with Crippen LogP contribution < -0.4 is 11.1 Å². The third-order valence-electron chi connectivity index (χ3n) is 1.97. The molecule has 5 nitrogen and oxygen atoms in total. The van der Waals surface area contributed by atoms with Gasteiger partial charge >= 0.3 is 0 Å². The maximum atomic E-state index is 9.10. The number of oxime groups is 1. The Balaban J connectivity index is 0. The fraction of sp³-hybridized carbons (Fsp3) is 0.875. The molecule has 0 saturated heterocycles. The van der Waals surface area contributed by atoms with Crippen molar-refractivity contribution in [2.75, 3.05) is 19.6 Å². The molecule has 0 spiro atoms. The largest absolute Gasteiger partial charge is 0.411 e. The van der Waals surface area contributed by atoms with Crippen molar-refractivity contribution in [1.82, 2.24) is 5.32 Å². The van der Waals surface area contributed by atoms with E-state index in [1.807, 2.05) is 6.92 Å². The summed E-state index contributed by atoms with van der Waals surface area (Å²) in [4.78, 5) is 0. The number of aliphatic hydroxyl groups excluding tert-OH is 1. The number of halogens is 1. The molecule has 2 atom stereocenters. The number of hydrogen-bond acceptors (Lipinski definition) is 5. The van der Waals surface area contributed by atoms with Crippen molar-refractivity contribution in [3.63, 3.8) is 0 Å². The van der Waals surface area contributed by atoms with Crippen molar-refractivity contribution >= 4 is 18.1 Å². The van der Waals surface area contributed by atoms with Gasteiger partial charge in [0.05, 0.1) is 11.8 Å². The van der Waals surface area contributed by atoms with Crippen LogP contribution in [-0.2, 0) is 0 Å². The second-order valence-electron chi connectivity index (χ2n) is 3.19. The van der Waals surface area contributed by atoms with E-state index in [9.17, 15) is 0 Å². The average Bonchev–Trinajstić information content (AvgIpc) is 2.15. The average molecular weight is 226 g/mol. The minimum absolute atomic E-state index is 0. The second kappa shape index (κ2) is 9.21. The Morgan fingerprint density at radius 1 is 1.50 bits per heavy atom. The van der Waals surface area contributed by atoms with Crippen molar-refractivity contribution in [1.29, 1.82) is 0 Å². The molecule has 14 heavy (non-hydrogen) atoms. The topological polar surface area (TPSA) is 90.9 Å². The van der Waals surface area contributed by atoms with E-state index in [2.05, 4.69) is 10.5 Å². The van der Waals surface area contributed by atoms with Gasteiger partial charge in [0.15, 0.2) is 0 Å². The summed E-state index contributed by atoms with van der Waals surface area (Å²) < 4.78 is 0. The Labute approximate surface area is 90.8 Å². The van der Waals surface area contributed by atoms with E-state index >= 15 is 0 Å². The summed E-state index contributed by atoms with van der Waals surface area (Å²) in [5.41, 5.74) is 5.90. The molecule has 0 aliphatic rings. The molecule has 86 valence electrons. The van der Waals surface area contributed by atoms with E-state index in [0.717, 1.165) is 0 Å². The highest BCUT2D eigenvalue weighted by atomic mass is 35.5. The Hall–Kier alpha value is -0.360. The first-order valence-corrected chi connectivity index (χ1v) is 4.39. The molecule has 0 aromatic carbocycles. The zero-order valence-electron chi connectivity index (χ0n) is 8.60.